The first-order valence-electron chi connectivity index (χ1n) is 7.31. The van der Waals surface area contributed by atoms with Crippen molar-refractivity contribution < 1.29 is 4.39 Å². The van der Waals surface area contributed by atoms with E-state index < -0.39 is 0 Å². The predicted molar refractivity (Wildman–Crippen MR) is 90.2 cm³/mol. The molecule has 0 saturated carbocycles. The predicted octanol–water partition coefficient (Wildman–Crippen LogP) is 4.92. The van der Waals surface area contributed by atoms with E-state index >= 15 is 0 Å². The van der Waals surface area contributed by atoms with Gasteiger partial charge in [0.15, 0.2) is 0 Å². The minimum Gasteiger partial charge on any atom is -0.383 e. The van der Waals surface area contributed by atoms with Crippen LogP contribution in [0.1, 0.15) is 26.3 Å². The van der Waals surface area contributed by atoms with Crippen LogP contribution >= 0.6 is 0 Å². The molecule has 1 heterocycles. The Hall–Kier alpha value is -2.42. The molecule has 0 atom stereocenters. The second kappa shape index (κ2) is 5.09. The van der Waals surface area contributed by atoms with E-state index in [4.69, 9.17) is 5.73 Å². The Balaban J connectivity index is 2.15. The lowest BCUT2D eigenvalue weighted by Gasteiger charge is -2.19. The number of rotatable bonds is 1. The molecule has 3 heteroatoms. The van der Waals surface area contributed by atoms with E-state index in [-0.39, 0.29) is 11.2 Å². The van der Waals surface area contributed by atoms with E-state index in [1.54, 1.807) is 12.1 Å². The molecule has 2 nitrogen and oxygen atoms in total. The van der Waals surface area contributed by atoms with Gasteiger partial charge in [0.25, 0.3) is 0 Å². The Bertz CT molecular complexity index is 830. The van der Waals surface area contributed by atoms with Gasteiger partial charge in [-0.15, -0.1) is 0 Å². The van der Waals surface area contributed by atoms with Gasteiger partial charge in [-0.25, -0.2) is 9.37 Å². The zero-order chi connectivity index (χ0) is 15.9. The fourth-order valence-electron chi connectivity index (χ4n) is 2.51. The van der Waals surface area contributed by atoms with Gasteiger partial charge in [0.05, 0.1) is 5.52 Å². The number of fused-ring (bicyclic) bond motifs is 1. The number of benzene rings is 2. The number of nitrogens with two attached hydrogens (primary N) is 1. The third-order valence-corrected chi connectivity index (χ3v) is 3.87. The van der Waals surface area contributed by atoms with Crippen LogP contribution in [0.5, 0.6) is 0 Å². The molecule has 0 aliphatic rings. The van der Waals surface area contributed by atoms with E-state index in [0.29, 0.717) is 5.82 Å². The van der Waals surface area contributed by atoms with E-state index in [1.807, 2.05) is 6.07 Å². The highest BCUT2D eigenvalue weighted by molar-refractivity contribution is 5.89. The van der Waals surface area contributed by atoms with E-state index in [9.17, 15) is 4.39 Å². The Morgan fingerprint density at radius 2 is 1.64 bits per heavy atom. The molecule has 0 saturated heterocycles. The summed E-state index contributed by atoms with van der Waals surface area (Å²) in [5.74, 6) is 0.205. The first-order chi connectivity index (χ1) is 10.3. The first kappa shape index (κ1) is 14.5. The van der Waals surface area contributed by atoms with Gasteiger partial charge in [-0.2, -0.15) is 0 Å². The normalized spacial score (nSPS) is 11.8. The van der Waals surface area contributed by atoms with Crippen molar-refractivity contribution in [1.82, 2.24) is 4.98 Å². The van der Waals surface area contributed by atoms with Gasteiger partial charge in [0.1, 0.15) is 11.6 Å². The Morgan fingerprint density at radius 3 is 2.27 bits per heavy atom. The summed E-state index contributed by atoms with van der Waals surface area (Å²) in [7, 11) is 0. The molecule has 1 aromatic heterocycles. The third kappa shape index (κ3) is 2.67. The van der Waals surface area contributed by atoms with Gasteiger partial charge in [0, 0.05) is 10.9 Å². The second-order valence-electron chi connectivity index (χ2n) is 6.59. The summed E-state index contributed by atoms with van der Waals surface area (Å²) in [5.41, 5.74) is 9.99. The number of anilines is 1. The van der Waals surface area contributed by atoms with Crippen LogP contribution in [0.25, 0.3) is 22.0 Å². The van der Waals surface area contributed by atoms with Gasteiger partial charge < -0.3 is 5.73 Å². The molecule has 0 amide bonds. The first-order valence-corrected chi connectivity index (χ1v) is 7.31. The summed E-state index contributed by atoms with van der Waals surface area (Å²) in [6, 6.07) is 14.6. The molecule has 112 valence electrons. The molecular formula is C19H19FN2. The molecule has 0 aliphatic heterocycles. The monoisotopic (exact) mass is 294 g/mol. The summed E-state index contributed by atoms with van der Waals surface area (Å²) in [6.07, 6.45) is 0. The highest BCUT2D eigenvalue weighted by atomic mass is 19.1. The average molecular weight is 294 g/mol. The second-order valence-corrected chi connectivity index (χ2v) is 6.59. The third-order valence-electron chi connectivity index (χ3n) is 3.87. The zero-order valence-corrected chi connectivity index (χ0v) is 13.0. The standard InChI is InChI=1S/C19H19FN2/c1-19(2,3)14-7-4-13-10-16(18(21)22-17(13)11-14)12-5-8-15(20)9-6-12/h4-11H,1-3H3,(H2,21,22). The van der Waals surface area contributed by atoms with Crippen LogP contribution in [0.15, 0.2) is 48.5 Å². The van der Waals surface area contributed by atoms with Gasteiger partial charge in [-0.3, -0.25) is 0 Å². The van der Waals surface area contributed by atoms with Crippen LogP contribution in [0.3, 0.4) is 0 Å². The van der Waals surface area contributed by atoms with Crippen LogP contribution in [-0.2, 0) is 5.41 Å². The Labute approximate surface area is 129 Å². The summed E-state index contributed by atoms with van der Waals surface area (Å²) in [4.78, 5) is 4.53. The number of pyridine rings is 1. The van der Waals surface area contributed by atoms with Crippen molar-refractivity contribution in [2.75, 3.05) is 5.73 Å². The molecule has 0 aliphatic carbocycles. The van der Waals surface area contributed by atoms with Crippen molar-refractivity contribution in [3.63, 3.8) is 0 Å². The highest BCUT2D eigenvalue weighted by Gasteiger charge is 2.15. The zero-order valence-electron chi connectivity index (χ0n) is 13.0. The van der Waals surface area contributed by atoms with Crippen LogP contribution < -0.4 is 5.73 Å². The molecule has 0 bridgehead atoms. The summed E-state index contributed by atoms with van der Waals surface area (Å²) >= 11 is 0. The SMILES string of the molecule is CC(C)(C)c1ccc2cc(-c3ccc(F)cc3)c(N)nc2c1. The van der Waals surface area contributed by atoms with Crippen molar-refractivity contribution in [3.05, 3.63) is 59.9 Å². The lowest BCUT2D eigenvalue weighted by molar-refractivity contribution is 0.591. The molecule has 22 heavy (non-hydrogen) atoms. The molecule has 2 N–H and O–H groups in total. The molecule has 0 radical (unpaired) electrons. The van der Waals surface area contributed by atoms with Crippen molar-refractivity contribution >= 4 is 16.7 Å². The van der Waals surface area contributed by atoms with Crippen molar-refractivity contribution in [2.24, 2.45) is 0 Å². The maximum Gasteiger partial charge on any atom is 0.131 e. The summed E-state index contributed by atoms with van der Waals surface area (Å²) in [6.45, 7) is 6.51. The van der Waals surface area contributed by atoms with Crippen LogP contribution in [0.2, 0.25) is 0 Å². The molecule has 3 aromatic rings. The molecule has 3 rings (SSSR count). The molecule has 0 spiro atoms. The quantitative estimate of drug-likeness (QED) is 0.691. The van der Waals surface area contributed by atoms with Crippen molar-refractivity contribution in [2.45, 2.75) is 26.2 Å². The minimum absolute atomic E-state index is 0.0697. The number of hydrogen-bond donors (Lipinski definition) is 1. The Morgan fingerprint density at radius 1 is 0.955 bits per heavy atom. The minimum atomic E-state index is -0.258. The number of halogens is 1. The maximum absolute atomic E-state index is 13.1. The fourth-order valence-corrected chi connectivity index (χ4v) is 2.51. The molecular weight excluding hydrogens is 275 g/mol. The number of nitrogens with zero attached hydrogens (tertiary/aromatic N) is 1. The lowest BCUT2D eigenvalue weighted by Crippen LogP contribution is -2.10. The van der Waals surface area contributed by atoms with Gasteiger partial charge >= 0.3 is 0 Å². The number of aromatic nitrogens is 1. The Kier molecular flexibility index (Phi) is 3.36. The van der Waals surface area contributed by atoms with E-state index in [1.165, 1.54) is 17.7 Å². The average Bonchev–Trinajstić information content (AvgIpc) is 2.46. The number of hydrogen-bond acceptors (Lipinski definition) is 2. The van der Waals surface area contributed by atoms with Crippen LogP contribution in [0.4, 0.5) is 10.2 Å². The smallest absolute Gasteiger partial charge is 0.131 e. The number of nitrogen functional groups attached to an aromatic ring is 1. The van der Waals surface area contributed by atoms with Crippen molar-refractivity contribution in [3.8, 4) is 11.1 Å². The maximum atomic E-state index is 13.1. The van der Waals surface area contributed by atoms with Gasteiger partial charge in [0.2, 0.25) is 0 Å². The fraction of sp³-hybridized carbons (Fsp3) is 0.211. The summed E-state index contributed by atoms with van der Waals surface area (Å²) < 4.78 is 13.1. The van der Waals surface area contributed by atoms with E-state index in [0.717, 1.165) is 22.0 Å². The molecule has 0 unspecified atom stereocenters. The molecule has 2 aromatic carbocycles. The lowest BCUT2D eigenvalue weighted by atomic mass is 9.86. The largest absolute Gasteiger partial charge is 0.383 e. The van der Waals surface area contributed by atoms with Crippen molar-refractivity contribution in [1.29, 1.82) is 0 Å². The van der Waals surface area contributed by atoms with Gasteiger partial charge in [-0.1, -0.05) is 45.0 Å². The topological polar surface area (TPSA) is 38.9 Å². The highest BCUT2D eigenvalue weighted by Crippen LogP contribution is 2.31. The summed E-state index contributed by atoms with van der Waals surface area (Å²) in [5, 5.41) is 1.03. The van der Waals surface area contributed by atoms with Gasteiger partial charge in [-0.05, 0) is 40.8 Å². The van der Waals surface area contributed by atoms with E-state index in [2.05, 4.69) is 44.0 Å². The molecule has 0 fully saturated rings. The van der Waals surface area contributed by atoms with Crippen LogP contribution in [-0.4, -0.2) is 4.98 Å². The van der Waals surface area contributed by atoms with Crippen LogP contribution in [0, 0.1) is 5.82 Å².